The van der Waals surface area contributed by atoms with E-state index < -0.39 is 0 Å². The van der Waals surface area contributed by atoms with E-state index in [9.17, 15) is 0 Å². The third-order valence-corrected chi connectivity index (χ3v) is 14.1. The van der Waals surface area contributed by atoms with Gasteiger partial charge in [0.1, 0.15) is 11.4 Å². The minimum absolute atomic E-state index is 0.775. The van der Waals surface area contributed by atoms with Gasteiger partial charge in [-0.15, -0.1) is 10.2 Å². The molecule has 3 heterocycles. The summed E-state index contributed by atoms with van der Waals surface area (Å²) in [7, 11) is 0. The van der Waals surface area contributed by atoms with E-state index in [1.54, 1.807) is 0 Å². The second kappa shape index (κ2) is 18.6. The average molecular weight is 902 g/mol. The second-order valence-electron chi connectivity index (χ2n) is 18.3. The van der Waals surface area contributed by atoms with Gasteiger partial charge in [0.05, 0.1) is 22.1 Å². The molecule has 0 aliphatic carbocycles. The van der Waals surface area contributed by atoms with E-state index >= 15 is 0 Å². The van der Waals surface area contributed by atoms with Crippen LogP contribution in [0.1, 0.15) is 50.7 Å². The minimum Gasteiger partial charge on any atom is -0.247 e. The SMILES string of the molecule is CCCCc1c(CCCC)c(-c2nnnc(-c3ccccc3-c3ccccc3)c2-c2ccccc2-c2ccccc2-c2ccccc2)c2c(c1-c1ccccc1)N=c1ccc3c(c1-2)N=c1ccccc1=3. The number of benzene rings is 9. The van der Waals surface area contributed by atoms with E-state index in [2.05, 4.69) is 214 Å². The van der Waals surface area contributed by atoms with Crippen molar-refractivity contribution in [2.24, 2.45) is 9.98 Å². The van der Waals surface area contributed by atoms with Crippen LogP contribution in [0, 0.1) is 10.4 Å². The van der Waals surface area contributed by atoms with Gasteiger partial charge in [-0.05, 0) is 105 Å². The molecule has 2 aliphatic heterocycles. The Bertz CT molecular complexity index is 3850. The van der Waals surface area contributed by atoms with Crippen molar-refractivity contribution >= 4 is 11.4 Å². The standard InChI is InChI=1S/C65H51N5/c1-3-5-30-51-52(31-6-4-2)58(61-60-56(67-64(61)57(51)44-28-14-9-15-29-44)41-40-54-49-36-22-23-39-55(49)66-62(54)60)65-59(63(68-70-69-65)53-38-21-17-33-46(53)43-26-12-8-13-27-43)50-37-20-19-35-48(50)47-34-18-16-32-45(47)42-24-10-7-11-25-42/h7-29,32-41H,3-6,30-31H2,1-2H3. The molecule has 0 bridgehead atoms. The van der Waals surface area contributed by atoms with Crippen molar-refractivity contribution < 1.29 is 0 Å². The van der Waals surface area contributed by atoms with Gasteiger partial charge in [0, 0.05) is 43.8 Å². The zero-order chi connectivity index (χ0) is 47.0. The summed E-state index contributed by atoms with van der Waals surface area (Å²) in [6.07, 6.45) is 5.90. The number of hydrogen-bond acceptors (Lipinski definition) is 5. The van der Waals surface area contributed by atoms with Crippen LogP contribution >= 0.6 is 0 Å². The van der Waals surface area contributed by atoms with Crippen molar-refractivity contribution in [3.05, 3.63) is 232 Å². The Kier molecular flexibility index (Phi) is 11.4. The molecule has 10 aromatic rings. The van der Waals surface area contributed by atoms with Crippen molar-refractivity contribution in [3.63, 3.8) is 0 Å². The number of para-hydroxylation sites is 1. The van der Waals surface area contributed by atoms with Gasteiger partial charge in [-0.2, -0.15) is 0 Å². The predicted octanol–water partition coefficient (Wildman–Crippen LogP) is 15.7. The molecule has 336 valence electrons. The van der Waals surface area contributed by atoms with Gasteiger partial charge < -0.3 is 0 Å². The van der Waals surface area contributed by atoms with Crippen LogP contribution in [0.25, 0.3) is 89.3 Å². The first-order valence-electron chi connectivity index (χ1n) is 24.8. The molecule has 0 amide bonds. The van der Waals surface area contributed by atoms with Gasteiger partial charge in [0.15, 0.2) is 0 Å². The molecule has 0 saturated heterocycles. The van der Waals surface area contributed by atoms with E-state index in [1.165, 1.54) is 22.3 Å². The van der Waals surface area contributed by atoms with Crippen LogP contribution < -0.4 is 10.7 Å². The van der Waals surface area contributed by atoms with Crippen LogP contribution in [-0.2, 0) is 12.8 Å². The fourth-order valence-electron chi connectivity index (χ4n) is 10.9. The Hall–Kier alpha value is -8.41. The smallest absolute Gasteiger partial charge is 0.106 e. The van der Waals surface area contributed by atoms with Crippen molar-refractivity contribution in [1.29, 1.82) is 0 Å². The highest BCUT2D eigenvalue weighted by atomic mass is 15.3. The topological polar surface area (TPSA) is 63.4 Å². The number of aromatic nitrogens is 3. The molecule has 70 heavy (non-hydrogen) atoms. The molecule has 0 N–H and O–H groups in total. The van der Waals surface area contributed by atoms with Gasteiger partial charge in [-0.3, -0.25) is 0 Å². The van der Waals surface area contributed by atoms with Gasteiger partial charge in [0.25, 0.3) is 0 Å². The van der Waals surface area contributed by atoms with Gasteiger partial charge in [0.2, 0.25) is 0 Å². The lowest BCUT2D eigenvalue weighted by Crippen LogP contribution is -2.09. The molecule has 0 fully saturated rings. The monoisotopic (exact) mass is 901 g/mol. The maximum atomic E-state index is 5.73. The van der Waals surface area contributed by atoms with E-state index in [-0.39, 0.29) is 0 Å². The molecule has 0 radical (unpaired) electrons. The number of fused-ring (bicyclic) bond motifs is 6. The predicted molar refractivity (Wildman–Crippen MR) is 286 cm³/mol. The van der Waals surface area contributed by atoms with E-state index in [4.69, 9.17) is 25.4 Å². The summed E-state index contributed by atoms with van der Waals surface area (Å²) in [5.41, 5.74) is 21.4. The first kappa shape index (κ1) is 42.9. The summed E-state index contributed by atoms with van der Waals surface area (Å²) in [6, 6.07) is 71.4. The zero-order valence-electron chi connectivity index (χ0n) is 39.5. The molecule has 0 unspecified atom stereocenters. The first-order chi connectivity index (χ1) is 34.7. The Morgan fingerprint density at radius 3 is 1.44 bits per heavy atom. The summed E-state index contributed by atoms with van der Waals surface area (Å²) in [5, 5.41) is 19.5. The quantitative estimate of drug-likeness (QED) is 0.116. The summed E-state index contributed by atoms with van der Waals surface area (Å²) < 4.78 is 0. The lowest BCUT2D eigenvalue weighted by atomic mass is 9.78. The molecular weight excluding hydrogens is 851 g/mol. The summed E-state index contributed by atoms with van der Waals surface area (Å²) in [4.78, 5) is 11.2. The van der Waals surface area contributed by atoms with Crippen molar-refractivity contribution in [1.82, 2.24) is 15.4 Å². The summed E-state index contributed by atoms with van der Waals surface area (Å²) >= 11 is 0. The van der Waals surface area contributed by atoms with Crippen LogP contribution in [0.4, 0.5) is 11.4 Å². The normalized spacial score (nSPS) is 11.9. The van der Waals surface area contributed by atoms with Crippen molar-refractivity contribution in [3.8, 4) is 89.3 Å². The van der Waals surface area contributed by atoms with Crippen LogP contribution in [0.3, 0.4) is 0 Å². The van der Waals surface area contributed by atoms with Crippen molar-refractivity contribution in [2.45, 2.75) is 52.4 Å². The summed E-state index contributed by atoms with van der Waals surface area (Å²) in [5.74, 6) is 0. The van der Waals surface area contributed by atoms with Crippen LogP contribution in [0.15, 0.2) is 210 Å². The van der Waals surface area contributed by atoms with Gasteiger partial charge in [-0.1, -0.05) is 209 Å². The van der Waals surface area contributed by atoms with E-state index in [1.807, 2.05) is 0 Å². The highest BCUT2D eigenvalue weighted by molar-refractivity contribution is 6.09. The van der Waals surface area contributed by atoms with Crippen LogP contribution in [0.2, 0.25) is 0 Å². The Balaban J connectivity index is 1.27. The lowest BCUT2D eigenvalue weighted by Gasteiger charge is -2.26. The molecule has 2 aliphatic rings. The highest BCUT2D eigenvalue weighted by Gasteiger charge is 2.35. The largest absolute Gasteiger partial charge is 0.247 e. The Labute approximate surface area is 409 Å². The van der Waals surface area contributed by atoms with E-state index in [0.29, 0.717) is 0 Å². The minimum atomic E-state index is 0.775. The highest BCUT2D eigenvalue weighted by Crippen LogP contribution is 2.56. The third-order valence-electron chi connectivity index (χ3n) is 14.1. The molecular formula is C65H51N5. The molecule has 12 rings (SSSR count). The van der Waals surface area contributed by atoms with Gasteiger partial charge >= 0.3 is 0 Å². The second-order valence-corrected chi connectivity index (χ2v) is 18.3. The van der Waals surface area contributed by atoms with Gasteiger partial charge in [-0.25, -0.2) is 9.98 Å². The third kappa shape index (κ3) is 7.37. The number of unbranched alkanes of at least 4 members (excludes halogenated alkanes) is 2. The Morgan fingerprint density at radius 2 is 0.800 bits per heavy atom. The van der Waals surface area contributed by atoms with Crippen LogP contribution in [-0.4, -0.2) is 15.4 Å². The van der Waals surface area contributed by atoms with Crippen molar-refractivity contribution in [2.75, 3.05) is 0 Å². The first-order valence-corrected chi connectivity index (χ1v) is 24.8. The average Bonchev–Trinajstić information content (AvgIpc) is 4.01. The maximum Gasteiger partial charge on any atom is 0.106 e. The number of rotatable bonds is 13. The molecule has 0 spiro atoms. The maximum absolute atomic E-state index is 5.73. The molecule has 0 atom stereocenters. The summed E-state index contributed by atoms with van der Waals surface area (Å²) in [6.45, 7) is 4.58. The van der Waals surface area contributed by atoms with Crippen LogP contribution in [0.5, 0.6) is 0 Å². The fraction of sp³-hybridized carbons (Fsp3) is 0.123. The molecule has 9 aromatic carbocycles. The molecule has 5 heteroatoms. The molecule has 0 saturated carbocycles. The van der Waals surface area contributed by atoms with E-state index in [0.717, 1.165) is 149 Å². The number of hydrogen-bond donors (Lipinski definition) is 0. The Morgan fingerprint density at radius 1 is 0.314 bits per heavy atom. The number of nitrogens with zero attached hydrogens (tertiary/aromatic N) is 5. The zero-order valence-corrected chi connectivity index (χ0v) is 39.5. The molecule has 1 aromatic heterocycles. The lowest BCUT2D eigenvalue weighted by molar-refractivity contribution is 0.759. The fourth-order valence-corrected chi connectivity index (χ4v) is 10.9. The molecule has 5 nitrogen and oxygen atoms in total.